The highest BCUT2D eigenvalue weighted by Gasteiger charge is 2.24. The van der Waals surface area contributed by atoms with Gasteiger partial charge < -0.3 is 5.32 Å². The lowest BCUT2D eigenvalue weighted by Crippen LogP contribution is -2.42. The molecule has 1 heterocycles. The van der Waals surface area contributed by atoms with Gasteiger partial charge in [0, 0.05) is 17.6 Å². The summed E-state index contributed by atoms with van der Waals surface area (Å²) >= 11 is 1.63. The number of nitriles is 1. The Kier molecular flexibility index (Phi) is 3.62. The largest absolute Gasteiger partial charge is 0.302 e. The molecule has 0 fully saturated rings. The summed E-state index contributed by atoms with van der Waals surface area (Å²) in [7, 11) is 0. The Morgan fingerprint density at radius 1 is 1.71 bits per heavy atom. The highest BCUT2D eigenvalue weighted by Crippen LogP contribution is 2.22. The third kappa shape index (κ3) is 2.79. The lowest BCUT2D eigenvalue weighted by molar-refractivity contribution is 0.354. The summed E-state index contributed by atoms with van der Waals surface area (Å²) in [6.45, 7) is 6.18. The van der Waals surface area contributed by atoms with Gasteiger partial charge in [0.25, 0.3) is 0 Å². The summed E-state index contributed by atoms with van der Waals surface area (Å²) < 4.78 is 0. The zero-order chi connectivity index (χ0) is 10.6. The van der Waals surface area contributed by atoms with Crippen LogP contribution in [0.2, 0.25) is 0 Å². The van der Waals surface area contributed by atoms with Gasteiger partial charge >= 0.3 is 0 Å². The number of hydrogen-bond acceptors (Lipinski definition) is 4. The van der Waals surface area contributed by atoms with Gasteiger partial charge in [-0.25, -0.2) is 4.98 Å². The second-order valence-corrected chi connectivity index (χ2v) is 4.76. The van der Waals surface area contributed by atoms with Gasteiger partial charge in [0.15, 0.2) is 0 Å². The van der Waals surface area contributed by atoms with E-state index in [9.17, 15) is 0 Å². The van der Waals surface area contributed by atoms with Crippen LogP contribution in [-0.4, -0.2) is 11.0 Å². The van der Waals surface area contributed by atoms with E-state index in [0.717, 1.165) is 5.01 Å². The first kappa shape index (κ1) is 11.2. The summed E-state index contributed by atoms with van der Waals surface area (Å²) in [5.41, 5.74) is -0.148. The SMILES string of the molecule is CC(CC#N)NC(C)(C)c1nccs1. The van der Waals surface area contributed by atoms with Crippen molar-refractivity contribution in [3.05, 3.63) is 16.6 Å². The molecule has 0 aliphatic carbocycles. The van der Waals surface area contributed by atoms with Crippen LogP contribution < -0.4 is 5.32 Å². The second-order valence-electron chi connectivity index (χ2n) is 3.87. The van der Waals surface area contributed by atoms with E-state index in [0.29, 0.717) is 6.42 Å². The molecule has 3 nitrogen and oxygen atoms in total. The van der Waals surface area contributed by atoms with Crippen LogP contribution in [-0.2, 0) is 5.54 Å². The first-order chi connectivity index (χ1) is 6.56. The summed E-state index contributed by atoms with van der Waals surface area (Å²) in [6, 6.07) is 2.35. The third-order valence-electron chi connectivity index (χ3n) is 1.97. The number of nitrogens with zero attached hydrogens (tertiary/aromatic N) is 2. The van der Waals surface area contributed by atoms with Crippen molar-refractivity contribution in [1.82, 2.24) is 10.3 Å². The maximum Gasteiger partial charge on any atom is 0.112 e. The summed E-state index contributed by atoms with van der Waals surface area (Å²) in [5.74, 6) is 0. The van der Waals surface area contributed by atoms with Gasteiger partial charge in [0.1, 0.15) is 5.01 Å². The van der Waals surface area contributed by atoms with Crippen molar-refractivity contribution < 1.29 is 0 Å². The topological polar surface area (TPSA) is 48.7 Å². The average molecular weight is 209 g/mol. The van der Waals surface area contributed by atoms with E-state index in [2.05, 4.69) is 30.2 Å². The monoisotopic (exact) mass is 209 g/mol. The van der Waals surface area contributed by atoms with Crippen molar-refractivity contribution in [2.45, 2.75) is 38.8 Å². The van der Waals surface area contributed by atoms with Crippen molar-refractivity contribution in [2.24, 2.45) is 0 Å². The summed E-state index contributed by atoms with van der Waals surface area (Å²) in [6.07, 6.45) is 2.33. The van der Waals surface area contributed by atoms with Crippen LogP contribution in [0.1, 0.15) is 32.2 Å². The molecule has 1 aromatic rings. The van der Waals surface area contributed by atoms with Crippen molar-refractivity contribution in [1.29, 1.82) is 5.26 Å². The predicted octanol–water partition coefficient (Wildman–Crippen LogP) is 2.27. The lowest BCUT2D eigenvalue weighted by Gasteiger charge is -2.27. The molecule has 1 atom stereocenters. The molecule has 0 spiro atoms. The number of nitrogens with one attached hydrogen (secondary N) is 1. The van der Waals surface area contributed by atoms with E-state index < -0.39 is 0 Å². The lowest BCUT2D eigenvalue weighted by atomic mass is 10.0. The fourth-order valence-electron chi connectivity index (χ4n) is 1.40. The molecule has 0 aliphatic heterocycles. The van der Waals surface area contributed by atoms with Crippen LogP contribution in [0.15, 0.2) is 11.6 Å². The maximum absolute atomic E-state index is 8.56. The van der Waals surface area contributed by atoms with Crippen LogP contribution in [0.25, 0.3) is 0 Å². The minimum absolute atomic E-state index is 0.148. The molecule has 0 radical (unpaired) electrons. The zero-order valence-electron chi connectivity index (χ0n) is 8.74. The van der Waals surface area contributed by atoms with Gasteiger partial charge in [0.05, 0.1) is 18.0 Å². The average Bonchev–Trinajstić information content (AvgIpc) is 2.54. The molecule has 1 rings (SSSR count). The Morgan fingerprint density at radius 2 is 2.43 bits per heavy atom. The van der Waals surface area contributed by atoms with Crippen molar-refractivity contribution >= 4 is 11.3 Å². The number of rotatable bonds is 4. The highest BCUT2D eigenvalue weighted by atomic mass is 32.1. The van der Waals surface area contributed by atoms with Gasteiger partial charge in [-0.2, -0.15) is 5.26 Å². The molecule has 0 saturated heterocycles. The Hall–Kier alpha value is -0.920. The van der Waals surface area contributed by atoms with E-state index >= 15 is 0 Å². The van der Waals surface area contributed by atoms with Crippen molar-refractivity contribution in [3.63, 3.8) is 0 Å². The maximum atomic E-state index is 8.56. The van der Waals surface area contributed by atoms with E-state index in [-0.39, 0.29) is 11.6 Å². The van der Waals surface area contributed by atoms with Crippen LogP contribution in [0.4, 0.5) is 0 Å². The summed E-state index contributed by atoms with van der Waals surface area (Å²) in [4.78, 5) is 4.27. The van der Waals surface area contributed by atoms with E-state index in [1.54, 1.807) is 17.5 Å². The molecule has 1 N–H and O–H groups in total. The second kappa shape index (κ2) is 4.54. The first-order valence-corrected chi connectivity index (χ1v) is 5.49. The van der Waals surface area contributed by atoms with E-state index in [1.165, 1.54) is 0 Å². The standard InChI is InChI=1S/C10H15N3S/c1-8(4-5-11)13-10(2,3)9-12-6-7-14-9/h6-8,13H,4H2,1-3H3. The molecule has 0 amide bonds. The first-order valence-electron chi connectivity index (χ1n) is 4.61. The Morgan fingerprint density at radius 3 is 2.93 bits per heavy atom. The molecule has 14 heavy (non-hydrogen) atoms. The normalized spacial score (nSPS) is 13.6. The van der Waals surface area contributed by atoms with Crippen LogP contribution in [0.5, 0.6) is 0 Å². The quantitative estimate of drug-likeness (QED) is 0.827. The molecular weight excluding hydrogens is 194 g/mol. The summed E-state index contributed by atoms with van der Waals surface area (Å²) in [5, 5.41) is 15.0. The van der Waals surface area contributed by atoms with Crippen LogP contribution in [0.3, 0.4) is 0 Å². The van der Waals surface area contributed by atoms with Crippen LogP contribution in [0, 0.1) is 11.3 Å². The fourth-order valence-corrected chi connectivity index (χ4v) is 2.12. The minimum atomic E-state index is -0.148. The van der Waals surface area contributed by atoms with Gasteiger partial charge in [0.2, 0.25) is 0 Å². The predicted molar refractivity (Wildman–Crippen MR) is 58.0 cm³/mol. The Balaban J connectivity index is 2.63. The molecule has 1 unspecified atom stereocenters. The fraction of sp³-hybridized carbons (Fsp3) is 0.600. The van der Waals surface area contributed by atoms with E-state index in [4.69, 9.17) is 5.26 Å². The van der Waals surface area contributed by atoms with Gasteiger partial charge in [-0.3, -0.25) is 0 Å². The smallest absolute Gasteiger partial charge is 0.112 e. The van der Waals surface area contributed by atoms with E-state index in [1.807, 2.05) is 12.3 Å². The third-order valence-corrected chi connectivity index (χ3v) is 3.07. The zero-order valence-corrected chi connectivity index (χ0v) is 9.56. The molecule has 0 aromatic carbocycles. The molecule has 0 bridgehead atoms. The Bertz CT molecular complexity index is 311. The van der Waals surface area contributed by atoms with Crippen molar-refractivity contribution in [3.8, 4) is 6.07 Å². The number of aromatic nitrogens is 1. The Labute approximate surface area is 88.8 Å². The molecule has 1 aromatic heterocycles. The number of thiazole rings is 1. The molecule has 0 aliphatic rings. The van der Waals surface area contributed by atoms with Gasteiger partial charge in [-0.1, -0.05) is 0 Å². The molecule has 4 heteroatoms. The molecule has 0 saturated carbocycles. The van der Waals surface area contributed by atoms with Gasteiger partial charge in [-0.05, 0) is 20.8 Å². The van der Waals surface area contributed by atoms with Crippen molar-refractivity contribution in [2.75, 3.05) is 0 Å². The van der Waals surface area contributed by atoms with Gasteiger partial charge in [-0.15, -0.1) is 11.3 Å². The minimum Gasteiger partial charge on any atom is -0.302 e. The molecular formula is C10H15N3S. The molecule has 76 valence electrons. The number of hydrogen-bond donors (Lipinski definition) is 1. The highest BCUT2D eigenvalue weighted by molar-refractivity contribution is 7.09. The van der Waals surface area contributed by atoms with Crippen LogP contribution >= 0.6 is 11.3 Å².